The normalized spacial score (nSPS) is 10.5. The van der Waals surface area contributed by atoms with E-state index in [-0.39, 0.29) is 0 Å². The van der Waals surface area contributed by atoms with Crippen LogP contribution < -0.4 is 0 Å². The Kier molecular flexibility index (Phi) is 3.17. The lowest BCUT2D eigenvalue weighted by Gasteiger charge is -2.02. The lowest BCUT2D eigenvalue weighted by molar-refractivity contribution is 1.03. The molecule has 0 amide bonds. The second-order valence-electron chi connectivity index (χ2n) is 3.94. The molecular formula is C14H10N4S. The Hall–Kier alpha value is -2.32. The molecule has 1 N–H and O–H groups in total. The Morgan fingerprint density at radius 1 is 1.21 bits per heavy atom. The predicted octanol–water partition coefficient (Wildman–Crippen LogP) is 3.18. The fraction of sp³-hybridized carbons (Fsp3) is 0.0714. The molecule has 19 heavy (non-hydrogen) atoms. The van der Waals surface area contributed by atoms with Crippen LogP contribution in [0, 0.1) is 11.3 Å². The second-order valence-corrected chi connectivity index (χ2v) is 4.97. The van der Waals surface area contributed by atoms with Crippen LogP contribution in [0.2, 0.25) is 0 Å². The molecule has 3 rings (SSSR count). The van der Waals surface area contributed by atoms with Crippen molar-refractivity contribution >= 4 is 22.8 Å². The van der Waals surface area contributed by atoms with Gasteiger partial charge in [-0.25, -0.2) is 4.98 Å². The van der Waals surface area contributed by atoms with E-state index in [0.29, 0.717) is 6.42 Å². The average Bonchev–Trinajstić information content (AvgIpc) is 2.83. The summed E-state index contributed by atoms with van der Waals surface area (Å²) in [5.74, 6) is 0. The van der Waals surface area contributed by atoms with Gasteiger partial charge in [0.2, 0.25) is 0 Å². The lowest BCUT2D eigenvalue weighted by Crippen LogP contribution is -1.90. The van der Waals surface area contributed by atoms with Crippen molar-refractivity contribution in [2.75, 3.05) is 0 Å². The molecule has 0 atom stereocenters. The fourth-order valence-corrected chi connectivity index (χ4v) is 2.71. The molecule has 4 nitrogen and oxygen atoms in total. The summed E-state index contributed by atoms with van der Waals surface area (Å²) in [4.78, 5) is 13.0. The van der Waals surface area contributed by atoms with Gasteiger partial charge in [0.15, 0.2) is 5.16 Å². The smallest absolute Gasteiger partial charge is 0.171 e. The molecule has 0 saturated carbocycles. The Balaban J connectivity index is 1.95. The number of imidazole rings is 1. The molecule has 2 aromatic heterocycles. The number of hydrogen-bond donors (Lipinski definition) is 1. The number of benzene rings is 1. The number of rotatable bonds is 3. The quantitative estimate of drug-likeness (QED) is 0.790. The Morgan fingerprint density at radius 2 is 2.11 bits per heavy atom. The number of aromatic amines is 1. The van der Waals surface area contributed by atoms with Gasteiger partial charge in [0.25, 0.3) is 0 Å². The number of H-pyrrole nitrogens is 1. The van der Waals surface area contributed by atoms with Crippen LogP contribution in [0.5, 0.6) is 0 Å². The molecular weight excluding hydrogens is 256 g/mol. The SMILES string of the molecule is N#CCc1ncccc1Sc1nc2ccccc2[nH]1. The first kappa shape index (κ1) is 11.8. The van der Waals surface area contributed by atoms with Crippen LogP contribution in [0.25, 0.3) is 11.0 Å². The molecule has 0 aliphatic rings. The summed E-state index contributed by atoms with van der Waals surface area (Å²) in [6.45, 7) is 0. The van der Waals surface area contributed by atoms with Crippen molar-refractivity contribution < 1.29 is 0 Å². The van der Waals surface area contributed by atoms with Crippen LogP contribution in [0.4, 0.5) is 0 Å². The van der Waals surface area contributed by atoms with Gasteiger partial charge in [-0.15, -0.1) is 0 Å². The monoisotopic (exact) mass is 266 g/mol. The third kappa shape index (κ3) is 2.44. The average molecular weight is 266 g/mol. The Morgan fingerprint density at radius 3 is 2.95 bits per heavy atom. The van der Waals surface area contributed by atoms with Gasteiger partial charge in [-0.05, 0) is 36.0 Å². The maximum Gasteiger partial charge on any atom is 0.171 e. The maximum absolute atomic E-state index is 8.80. The molecule has 0 bridgehead atoms. The standard InChI is InChI=1S/C14H10N4S/c15-8-7-12-13(6-3-9-16-12)19-14-17-10-4-1-2-5-11(10)18-14/h1-6,9H,7H2,(H,17,18). The van der Waals surface area contributed by atoms with E-state index < -0.39 is 0 Å². The number of nitrogens with one attached hydrogen (secondary N) is 1. The van der Waals surface area contributed by atoms with Crippen molar-refractivity contribution in [1.29, 1.82) is 5.26 Å². The van der Waals surface area contributed by atoms with Gasteiger partial charge < -0.3 is 4.98 Å². The number of hydrogen-bond acceptors (Lipinski definition) is 4. The zero-order chi connectivity index (χ0) is 13.1. The third-order valence-electron chi connectivity index (χ3n) is 2.67. The number of fused-ring (bicyclic) bond motifs is 1. The molecule has 0 aliphatic heterocycles. The lowest BCUT2D eigenvalue weighted by atomic mass is 10.3. The van der Waals surface area contributed by atoms with E-state index in [1.165, 1.54) is 11.8 Å². The van der Waals surface area contributed by atoms with E-state index in [4.69, 9.17) is 5.26 Å². The van der Waals surface area contributed by atoms with Crippen LogP contribution in [-0.4, -0.2) is 15.0 Å². The van der Waals surface area contributed by atoms with Gasteiger partial charge in [0.1, 0.15) is 0 Å². The van der Waals surface area contributed by atoms with E-state index in [2.05, 4.69) is 21.0 Å². The van der Waals surface area contributed by atoms with Crippen molar-refractivity contribution in [2.45, 2.75) is 16.5 Å². The number of para-hydroxylation sites is 2. The molecule has 0 saturated heterocycles. The van der Waals surface area contributed by atoms with Crippen molar-refractivity contribution in [2.24, 2.45) is 0 Å². The van der Waals surface area contributed by atoms with E-state index in [0.717, 1.165) is 26.8 Å². The Labute approximate surface area is 114 Å². The minimum absolute atomic E-state index is 0.309. The zero-order valence-electron chi connectivity index (χ0n) is 10.00. The highest BCUT2D eigenvalue weighted by atomic mass is 32.2. The highest BCUT2D eigenvalue weighted by Crippen LogP contribution is 2.29. The zero-order valence-corrected chi connectivity index (χ0v) is 10.8. The molecule has 1 aromatic carbocycles. The molecule has 0 radical (unpaired) electrons. The van der Waals surface area contributed by atoms with Crippen LogP contribution in [0.3, 0.4) is 0 Å². The van der Waals surface area contributed by atoms with Crippen LogP contribution in [-0.2, 0) is 6.42 Å². The van der Waals surface area contributed by atoms with Gasteiger partial charge in [0, 0.05) is 11.1 Å². The number of nitriles is 1. The first-order chi connectivity index (χ1) is 9.36. The molecule has 0 spiro atoms. The number of aromatic nitrogens is 3. The summed E-state index contributed by atoms with van der Waals surface area (Å²) in [5, 5.41) is 9.62. The van der Waals surface area contributed by atoms with E-state index >= 15 is 0 Å². The van der Waals surface area contributed by atoms with Crippen LogP contribution in [0.15, 0.2) is 52.6 Å². The molecule has 92 valence electrons. The number of nitrogens with zero attached hydrogens (tertiary/aromatic N) is 3. The van der Waals surface area contributed by atoms with Gasteiger partial charge in [-0.3, -0.25) is 4.98 Å². The summed E-state index contributed by atoms with van der Waals surface area (Å²) in [7, 11) is 0. The number of pyridine rings is 1. The summed E-state index contributed by atoms with van der Waals surface area (Å²) in [6.07, 6.45) is 2.01. The largest absolute Gasteiger partial charge is 0.333 e. The fourth-order valence-electron chi connectivity index (χ4n) is 1.81. The van der Waals surface area contributed by atoms with Crippen molar-refractivity contribution in [3.05, 3.63) is 48.3 Å². The summed E-state index contributed by atoms with van der Waals surface area (Å²) in [5.41, 5.74) is 2.74. The molecule has 0 aliphatic carbocycles. The van der Waals surface area contributed by atoms with E-state index in [1.54, 1.807) is 6.20 Å². The van der Waals surface area contributed by atoms with E-state index in [1.807, 2.05) is 36.4 Å². The maximum atomic E-state index is 8.80. The van der Waals surface area contributed by atoms with Crippen LogP contribution in [0.1, 0.15) is 5.69 Å². The first-order valence-electron chi connectivity index (χ1n) is 5.80. The van der Waals surface area contributed by atoms with Crippen molar-refractivity contribution in [3.63, 3.8) is 0 Å². The molecule has 3 aromatic rings. The molecule has 2 heterocycles. The minimum Gasteiger partial charge on any atom is -0.333 e. The minimum atomic E-state index is 0.309. The van der Waals surface area contributed by atoms with Gasteiger partial charge in [0.05, 0.1) is 29.2 Å². The molecule has 0 unspecified atom stereocenters. The molecule has 0 fully saturated rings. The van der Waals surface area contributed by atoms with Gasteiger partial charge in [-0.1, -0.05) is 12.1 Å². The topological polar surface area (TPSA) is 65.4 Å². The summed E-state index contributed by atoms with van der Waals surface area (Å²) < 4.78 is 0. The van der Waals surface area contributed by atoms with Crippen molar-refractivity contribution in [1.82, 2.24) is 15.0 Å². The van der Waals surface area contributed by atoms with Gasteiger partial charge >= 0.3 is 0 Å². The van der Waals surface area contributed by atoms with Gasteiger partial charge in [-0.2, -0.15) is 5.26 Å². The third-order valence-corrected chi connectivity index (χ3v) is 3.65. The van der Waals surface area contributed by atoms with Crippen molar-refractivity contribution in [3.8, 4) is 6.07 Å². The highest BCUT2D eigenvalue weighted by Gasteiger charge is 2.08. The highest BCUT2D eigenvalue weighted by molar-refractivity contribution is 7.99. The molecule has 5 heteroatoms. The predicted molar refractivity (Wildman–Crippen MR) is 73.8 cm³/mol. The Bertz CT molecular complexity index is 724. The summed E-state index contributed by atoms with van der Waals surface area (Å²) in [6, 6.07) is 13.8. The first-order valence-corrected chi connectivity index (χ1v) is 6.62. The summed E-state index contributed by atoms with van der Waals surface area (Å²) >= 11 is 1.50. The second kappa shape index (κ2) is 5.12. The van der Waals surface area contributed by atoms with E-state index in [9.17, 15) is 0 Å². The van der Waals surface area contributed by atoms with Crippen LogP contribution >= 0.6 is 11.8 Å².